The van der Waals surface area contributed by atoms with Crippen LogP contribution in [0.25, 0.3) is 0 Å². The predicted octanol–water partition coefficient (Wildman–Crippen LogP) is 4.48. The number of carbonyl (C=O) groups excluding carboxylic acids is 2. The molecule has 0 saturated carbocycles. The highest BCUT2D eigenvalue weighted by molar-refractivity contribution is 5.98. The van der Waals surface area contributed by atoms with Crippen molar-refractivity contribution in [3.8, 4) is 0 Å². The number of fused-ring (bicyclic) bond motifs is 2. The molecular formula is C23H31NO5. The molecule has 2 bridgehead atoms. The molecule has 1 aromatic rings. The summed E-state index contributed by atoms with van der Waals surface area (Å²) in [6, 6.07) is 7.76. The van der Waals surface area contributed by atoms with E-state index in [-0.39, 0.29) is 36.2 Å². The van der Waals surface area contributed by atoms with Crippen molar-refractivity contribution in [3.05, 3.63) is 35.4 Å². The van der Waals surface area contributed by atoms with Crippen LogP contribution in [0.5, 0.6) is 0 Å². The van der Waals surface area contributed by atoms with Crippen molar-refractivity contribution < 1.29 is 23.8 Å². The van der Waals surface area contributed by atoms with Crippen molar-refractivity contribution >= 4 is 11.9 Å². The number of amides is 1. The van der Waals surface area contributed by atoms with Crippen LogP contribution in [-0.4, -0.2) is 47.7 Å². The molecule has 0 aliphatic carbocycles. The number of hydrogen-bond acceptors (Lipinski definition) is 5. The highest BCUT2D eigenvalue weighted by Crippen LogP contribution is 2.39. The van der Waals surface area contributed by atoms with Gasteiger partial charge in [0.15, 0.2) is 12.1 Å². The molecule has 0 radical (unpaired) electrons. The number of nitrogens with zero attached hydrogens (tertiary/aromatic N) is 1. The summed E-state index contributed by atoms with van der Waals surface area (Å²) in [5.41, 5.74) is 1.16. The molecule has 0 aromatic heterocycles. The van der Waals surface area contributed by atoms with Gasteiger partial charge in [-0.15, -0.1) is 0 Å². The van der Waals surface area contributed by atoms with E-state index in [9.17, 15) is 9.59 Å². The first kappa shape index (κ1) is 20.4. The van der Waals surface area contributed by atoms with E-state index in [4.69, 9.17) is 14.2 Å². The Balaban J connectivity index is 1.44. The Morgan fingerprint density at radius 1 is 1.00 bits per heavy atom. The molecule has 0 N–H and O–H groups in total. The van der Waals surface area contributed by atoms with Gasteiger partial charge in [-0.2, -0.15) is 0 Å². The number of hydrogen-bond donors (Lipinski definition) is 0. The zero-order chi connectivity index (χ0) is 20.6. The number of ether oxygens (including phenoxy) is 3. The van der Waals surface area contributed by atoms with E-state index in [1.807, 2.05) is 49.9 Å². The lowest BCUT2D eigenvalue weighted by atomic mass is 9.76. The molecule has 3 aliphatic heterocycles. The second-order valence-electron chi connectivity index (χ2n) is 9.35. The van der Waals surface area contributed by atoms with Crippen LogP contribution in [-0.2, 0) is 14.2 Å². The van der Waals surface area contributed by atoms with E-state index in [1.54, 1.807) is 0 Å². The molecule has 3 saturated heterocycles. The van der Waals surface area contributed by atoms with Gasteiger partial charge >= 0.3 is 6.09 Å². The van der Waals surface area contributed by atoms with Gasteiger partial charge in [0.1, 0.15) is 5.60 Å². The summed E-state index contributed by atoms with van der Waals surface area (Å²) in [4.78, 5) is 27.8. The largest absolute Gasteiger partial charge is 0.444 e. The minimum Gasteiger partial charge on any atom is -0.444 e. The summed E-state index contributed by atoms with van der Waals surface area (Å²) in [7, 11) is 0. The van der Waals surface area contributed by atoms with Crippen LogP contribution in [0.15, 0.2) is 24.3 Å². The van der Waals surface area contributed by atoms with Crippen molar-refractivity contribution in [3.63, 3.8) is 0 Å². The average Bonchev–Trinajstić information content (AvgIpc) is 3.20. The van der Waals surface area contributed by atoms with Gasteiger partial charge in [-0.1, -0.05) is 24.3 Å². The van der Waals surface area contributed by atoms with Crippen LogP contribution >= 0.6 is 0 Å². The van der Waals surface area contributed by atoms with Gasteiger partial charge in [0.2, 0.25) is 0 Å². The van der Waals surface area contributed by atoms with Gasteiger partial charge in [0, 0.05) is 29.1 Å². The van der Waals surface area contributed by atoms with E-state index in [0.29, 0.717) is 26.1 Å². The average molecular weight is 402 g/mol. The Morgan fingerprint density at radius 3 is 2.14 bits per heavy atom. The molecule has 6 heteroatoms. The zero-order valence-corrected chi connectivity index (χ0v) is 17.6. The number of carbonyl (C=O) groups is 2. The smallest absolute Gasteiger partial charge is 0.410 e. The highest BCUT2D eigenvalue weighted by atomic mass is 16.7. The maximum atomic E-state index is 13.2. The molecule has 2 unspecified atom stereocenters. The molecule has 4 rings (SSSR count). The second kappa shape index (κ2) is 8.07. The van der Waals surface area contributed by atoms with Crippen molar-refractivity contribution in [2.75, 3.05) is 13.2 Å². The van der Waals surface area contributed by atoms with Crippen molar-refractivity contribution in [2.45, 2.75) is 76.9 Å². The first-order valence-electron chi connectivity index (χ1n) is 10.7. The van der Waals surface area contributed by atoms with Gasteiger partial charge in [-0.25, -0.2) is 4.79 Å². The topological polar surface area (TPSA) is 65.1 Å². The quantitative estimate of drug-likeness (QED) is 0.699. The van der Waals surface area contributed by atoms with Crippen molar-refractivity contribution in [1.29, 1.82) is 0 Å². The molecule has 3 fully saturated rings. The summed E-state index contributed by atoms with van der Waals surface area (Å²) in [6.45, 7) is 6.88. The molecule has 1 aromatic carbocycles. The third-order valence-electron chi connectivity index (χ3n) is 6.04. The lowest BCUT2D eigenvalue weighted by Crippen LogP contribution is -2.56. The fourth-order valence-corrected chi connectivity index (χ4v) is 4.80. The lowest BCUT2D eigenvalue weighted by molar-refractivity contribution is -0.0441. The normalized spacial score (nSPS) is 27.7. The monoisotopic (exact) mass is 401 g/mol. The fraction of sp³-hybridized carbons (Fsp3) is 0.652. The van der Waals surface area contributed by atoms with Crippen LogP contribution in [0.2, 0.25) is 0 Å². The zero-order valence-electron chi connectivity index (χ0n) is 17.6. The molecule has 6 nitrogen and oxygen atoms in total. The van der Waals surface area contributed by atoms with Crippen LogP contribution < -0.4 is 0 Å². The summed E-state index contributed by atoms with van der Waals surface area (Å²) in [5, 5.41) is 0. The molecule has 3 aliphatic rings. The Morgan fingerprint density at radius 2 is 1.59 bits per heavy atom. The fourth-order valence-electron chi connectivity index (χ4n) is 4.80. The number of benzene rings is 1. The maximum absolute atomic E-state index is 13.2. The third kappa shape index (κ3) is 4.48. The van der Waals surface area contributed by atoms with E-state index >= 15 is 0 Å². The van der Waals surface area contributed by atoms with E-state index < -0.39 is 5.60 Å². The molecule has 1 amide bonds. The van der Waals surface area contributed by atoms with Gasteiger partial charge in [0.05, 0.1) is 13.2 Å². The van der Waals surface area contributed by atoms with Gasteiger partial charge < -0.3 is 19.1 Å². The summed E-state index contributed by atoms with van der Waals surface area (Å²) >= 11 is 0. The maximum Gasteiger partial charge on any atom is 0.410 e. The van der Waals surface area contributed by atoms with Crippen LogP contribution in [0, 0.1) is 5.92 Å². The molecular weight excluding hydrogens is 370 g/mol. The van der Waals surface area contributed by atoms with Crippen LogP contribution in [0.3, 0.4) is 0 Å². The molecule has 3 heterocycles. The first-order valence-corrected chi connectivity index (χ1v) is 10.7. The summed E-state index contributed by atoms with van der Waals surface area (Å²) in [6.07, 6.45) is 3.85. The predicted molar refractivity (Wildman–Crippen MR) is 108 cm³/mol. The molecule has 0 spiro atoms. The first-order chi connectivity index (χ1) is 13.8. The third-order valence-corrected chi connectivity index (χ3v) is 6.04. The number of piperidine rings is 2. The van der Waals surface area contributed by atoms with Gasteiger partial charge in [-0.05, 0) is 52.9 Å². The van der Waals surface area contributed by atoms with E-state index in [2.05, 4.69) is 0 Å². The second-order valence-corrected chi connectivity index (χ2v) is 9.35. The minimum atomic E-state index is -0.507. The SMILES string of the molecule is CC(C)(C)OC(=O)N1C2CCCC1CC(C(=O)c1ccc(C3OCCO3)cc1)C2. The summed E-state index contributed by atoms with van der Waals surface area (Å²) < 4.78 is 16.7. The van der Waals surface area contributed by atoms with Gasteiger partial charge in [0.25, 0.3) is 0 Å². The molecule has 29 heavy (non-hydrogen) atoms. The Hall–Kier alpha value is -1.92. The number of rotatable bonds is 3. The Bertz CT molecular complexity index is 734. The molecule has 158 valence electrons. The van der Waals surface area contributed by atoms with Crippen molar-refractivity contribution in [2.24, 2.45) is 5.92 Å². The number of ketones is 1. The molecule has 2 atom stereocenters. The van der Waals surface area contributed by atoms with Crippen molar-refractivity contribution in [1.82, 2.24) is 4.90 Å². The van der Waals surface area contributed by atoms with E-state index in [1.165, 1.54) is 0 Å². The Kier molecular flexibility index (Phi) is 5.67. The highest BCUT2D eigenvalue weighted by Gasteiger charge is 2.44. The van der Waals surface area contributed by atoms with Crippen LogP contribution in [0.1, 0.15) is 75.1 Å². The minimum absolute atomic E-state index is 0.0474. The van der Waals surface area contributed by atoms with E-state index in [0.717, 1.165) is 30.4 Å². The van der Waals surface area contributed by atoms with Crippen LogP contribution in [0.4, 0.5) is 4.79 Å². The summed E-state index contributed by atoms with van der Waals surface area (Å²) in [5.74, 6) is 0.124. The van der Waals surface area contributed by atoms with Gasteiger partial charge in [-0.3, -0.25) is 4.79 Å². The lowest BCUT2D eigenvalue weighted by Gasteiger charge is -2.48. The standard InChI is InChI=1S/C23H31NO5/c1-23(2,3)29-22(26)24-18-5-4-6-19(24)14-17(13-18)20(25)15-7-9-16(10-8-15)21-27-11-12-28-21/h7-10,17-19,21H,4-6,11-14H2,1-3H3. The Labute approximate surface area is 172 Å². The number of Topliss-reactive ketones (excluding diaryl/α,β-unsaturated/α-hetero) is 1.